The van der Waals surface area contributed by atoms with Gasteiger partial charge >= 0.3 is 0 Å². The largest absolute Gasteiger partial charge is 0.337 e. The summed E-state index contributed by atoms with van der Waals surface area (Å²) in [5, 5.41) is 4.42. The minimum atomic E-state index is -3.82. The quantitative estimate of drug-likeness (QED) is 0.521. The van der Waals surface area contributed by atoms with Gasteiger partial charge < -0.3 is 9.42 Å². The number of sulfonamides is 1. The molecule has 0 bridgehead atoms. The second-order valence-electron chi connectivity index (χ2n) is 7.84. The highest BCUT2D eigenvalue weighted by atomic mass is 35.5. The van der Waals surface area contributed by atoms with Crippen LogP contribution in [0.4, 0.5) is 4.39 Å². The van der Waals surface area contributed by atoms with Gasteiger partial charge in [-0.25, -0.2) is 12.8 Å². The number of nitrogens with zero attached hydrogens (tertiary/aromatic N) is 4. The Hall–Kier alpha value is -2.82. The van der Waals surface area contributed by atoms with Crippen molar-refractivity contribution in [2.24, 2.45) is 5.92 Å². The van der Waals surface area contributed by atoms with Gasteiger partial charge in [0, 0.05) is 25.7 Å². The van der Waals surface area contributed by atoms with E-state index in [1.807, 2.05) is 6.07 Å². The van der Waals surface area contributed by atoms with Crippen molar-refractivity contribution >= 4 is 27.5 Å². The van der Waals surface area contributed by atoms with E-state index in [2.05, 4.69) is 10.1 Å². The third-order valence-corrected chi connectivity index (χ3v) is 7.73. The minimum absolute atomic E-state index is 0.00307. The maximum absolute atomic E-state index is 13.2. The van der Waals surface area contributed by atoms with Crippen LogP contribution in [0, 0.1) is 11.7 Å². The van der Waals surface area contributed by atoms with Crippen molar-refractivity contribution in [3.05, 3.63) is 65.3 Å². The van der Waals surface area contributed by atoms with Crippen LogP contribution in [0.2, 0.25) is 5.02 Å². The molecule has 0 radical (unpaired) electrons. The second kappa shape index (κ2) is 9.58. The lowest BCUT2D eigenvalue weighted by atomic mass is 9.98. The second-order valence-corrected chi connectivity index (χ2v) is 10.2. The molecule has 11 heteroatoms. The van der Waals surface area contributed by atoms with Crippen molar-refractivity contribution in [2.45, 2.75) is 24.3 Å². The lowest BCUT2D eigenvalue weighted by molar-refractivity contribution is -0.136. The Labute approximate surface area is 196 Å². The molecule has 1 aliphatic heterocycles. The minimum Gasteiger partial charge on any atom is -0.337 e. The van der Waals surface area contributed by atoms with Gasteiger partial charge in [0.05, 0.1) is 22.4 Å². The third kappa shape index (κ3) is 5.07. The monoisotopic (exact) mass is 492 g/mol. The number of rotatable bonds is 6. The van der Waals surface area contributed by atoms with E-state index < -0.39 is 21.8 Å². The molecule has 2 heterocycles. The average Bonchev–Trinajstić information content (AvgIpc) is 3.27. The van der Waals surface area contributed by atoms with Crippen LogP contribution in [0.5, 0.6) is 0 Å². The zero-order valence-corrected chi connectivity index (χ0v) is 19.4. The standard InChI is InChI=1S/C22H22ClFN4O4S/c1-27(14-20-25-21(26-32-20)18-6-2-3-7-19(18)23)22(29)15-5-4-12-28(13-15)33(30,31)17-10-8-16(24)9-11-17/h2-3,6-11,15H,4-5,12-14H2,1H3/t15-/m0/s1. The number of halogens is 2. The molecule has 33 heavy (non-hydrogen) atoms. The summed E-state index contributed by atoms with van der Waals surface area (Å²) in [7, 11) is -2.21. The Morgan fingerprint density at radius 2 is 1.97 bits per heavy atom. The predicted octanol–water partition coefficient (Wildman–Crippen LogP) is 3.59. The normalized spacial score (nSPS) is 17.1. The summed E-state index contributed by atoms with van der Waals surface area (Å²) in [6.45, 7) is 0.438. The van der Waals surface area contributed by atoms with Crippen molar-refractivity contribution in [3.8, 4) is 11.4 Å². The first-order valence-electron chi connectivity index (χ1n) is 10.3. The molecule has 1 aromatic heterocycles. The zero-order chi connectivity index (χ0) is 23.6. The molecular weight excluding hydrogens is 471 g/mol. The highest BCUT2D eigenvalue weighted by Crippen LogP contribution is 2.27. The molecule has 1 amide bonds. The zero-order valence-electron chi connectivity index (χ0n) is 17.8. The fourth-order valence-electron chi connectivity index (χ4n) is 3.78. The molecule has 3 aromatic rings. The predicted molar refractivity (Wildman–Crippen MR) is 119 cm³/mol. The van der Waals surface area contributed by atoms with E-state index in [4.69, 9.17) is 16.1 Å². The molecule has 1 saturated heterocycles. The van der Waals surface area contributed by atoms with Crippen molar-refractivity contribution < 1.29 is 22.1 Å². The molecule has 4 rings (SSSR count). The van der Waals surface area contributed by atoms with Crippen molar-refractivity contribution in [1.29, 1.82) is 0 Å². The van der Waals surface area contributed by atoms with Crippen molar-refractivity contribution in [2.75, 3.05) is 20.1 Å². The van der Waals surface area contributed by atoms with Gasteiger partial charge in [0.1, 0.15) is 5.82 Å². The van der Waals surface area contributed by atoms with Crippen LogP contribution in [0.1, 0.15) is 18.7 Å². The summed E-state index contributed by atoms with van der Waals surface area (Å²) >= 11 is 6.17. The number of piperidine rings is 1. The summed E-state index contributed by atoms with van der Waals surface area (Å²) in [6, 6.07) is 11.8. The molecule has 0 spiro atoms. The molecule has 8 nitrogen and oxygen atoms in total. The van der Waals surface area contributed by atoms with Crippen LogP contribution in [0.15, 0.2) is 57.9 Å². The summed E-state index contributed by atoms with van der Waals surface area (Å²) in [6.07, 6.45) is 1.11. The van der Waals surface area contributed by atoms with Crippen LogP contribution < -0.4 is 0 Å². The van der Waals surface area contributed by atoms with E-state index in [0.717, 1.165) is 12.1 Å². The first kappa shape index (κ1) is 23.3. The number of benzene rings is 2. The SMILES string of the molecule is CN(Cc1nc(-c2ccccc2Cl)no1)C(=O)[C@H]1CCCN(S(=O)(=O)c2ccc(F)cc2)C1. The van der Waals surface area contributed by atoms with Gasteiger partial charge in [0.25, 0.3) is 0 Å². The van der Waals surface area contributed by atoms with E-state index in [-0.39, 0.29) is 29.8 Å². The fraction of sp³-hybridized carbons (Fsp3) is 0.318. The maximum Gasteiger partial charge on any atom is 0.246 e. The average molecular weight is 493 g/mol. The number of hydrogen-bond donors (Lipinski definition) is 0. The Bertz CT molecular complexity index is 1250. The molecule has 0 N–H and O–H groups in total. The van der Waals surface area contributed by atoms with Crippen LogP contribution in [0.25, 0.3) is 11.4 Å². The smallest absolute Gasteiger partial charge is 0.246 e. The van der Waals surface area contributed by atoms with Gasteiger partial charge in [-0.1, -0.05) is 28.9 Å². The lowest BCUT2D eigenvalue weighted by Crippen LogP contribution is -2.45. The van der Waals surface area contributed by atoms with Gasteiger partial charge in [-0.3, -0.25) is 4.79 Å². The van der Waals surface area contributed by atoms with Gasteiger partial charge in [-0.15, -0.1) is 0 Å². The lowest BCUT2D eigenvalue weighted by Gasteiger charge is -2.33. The van der Waals surface area contributed by atoms with E-state index in [1.54, 1.807) is 25.2 Å². The summed E-state index contributed by atoms with van der Waals surface area (Å²) in [4.78, 5) is 18.8. The summed E-state index contributed by atoms with van der Waals surface area (Å²) in [5.74, 6) is -0.671. The molecule has 2 aromatic carbocycles. The molecule has 0 aliphatic carbocycles. The van der Waals surface area contributed by atoms with Crippen molar-refractivity contribution in [1.82, 2.24) is 19.3 Å². The molecule has 1 aliphatic rings. The first-order chi connectivity index (χ1) is 15.8. The summed E-state index contributed by atoms with van der Waals surface area (Å²) < 4.78 is 45.6. The number of aromatic nitrogens is 2. The van der Waals surface area contributed by atoms with Gasteiger partial charge in [-0.05, 0) is 49.2 Å². The van der Waals surface area contributed by atoms with Gasteiger partial charge in [0.2, 0.25) is 27.6 Å². The van der Waals surface area contributed by atoms with E-state index in [1.165, 1.54) is 21.3 Å². The number of carbonyl (C=O) groups is 1. The summed E-state index contributed by atoms with van der Waals surface area (Å²) in [5.41, 5.74) is 0.622. The van der Waals surface area contributed by atoms with Crippen LogP contribution in [-0.4, -0.2) is 53.8 Å². The highest BCUT2D eigenvalue weighted by Gasteiger charge is 2.34. The Morgan fingerprint density at radius 1 is 1.24 bits per heavy atom. The molecule has 1 fully saturated rings. The van der Waals surface area contributed by atoms with E-state index in [0.29, 0.717) is 35.8 Å². The van der Waals surface area contributed by atoms with Crippen molar-refractivity contribution in [3.63, 3.8) is 0 Å². The van der Waals surface area contributed by atoms with Crippen LogP contribution in [-0.2, 0) is 21.4 Å². The molecule has 0 unspecified atom stereocenters. The fourth-order valence-corrected chi connectivity index (χ4v) is 5.53. The molecule has 1 atom stereocenters. The number of hydrogen-bond acceptors (Lipinski definition) is 6. The molecule has 174 valence electrons. The molecule has 0 saturated carbocycles. The topological polar surface area (TPSA) is 96.6 Å². The maximum atomic E-state index is 13.2. The van der Waals surface area contributed by atoms with Crippen LogP contribution >= 0.6 is 11.6 Å². The molecular formula is C22H22ClFN4O4S. The highest BCUT2D eigenvalue weighted by molar-refractivity contribution is 7.89. The van der Waals surface area contributed by atoms with Gasteiger partial charge in [-0.2, -0.15) is 9.29 Å². The number of amides is 1. The van der Waals surface area contributed by atoms with Gasteiger partial charge in [0.15, 0.2) is 0 Å². The van der Waals surface area contributed by atoms with E-state index >= 15 is 0 Å². The Balaban J connectivity index is 1.42. The number of carbonyl (C=O) groups excluding carboxylic acids is 1. The first-order valence-corrected chi connectivity index (χ1v) is 12.2. The van der Waals surface area contributed by atoms with Crippen LogP contribution in [0.3, 0.4) is 0 Å². The third-order valence-electron chi connectivity index (χ3n) is 5.52. The Kier molecular flexibility index (Phi) is 6.78. The Morgan fingerprint density at radius 3 is 2.70 bits per heavy atom. The van der Waals surface area contributed by atoms with E-state index in [9.17, 15) is 17.6 Å².